The van der Waals surface area contributed by atoms with Crippen molar-refractivity contribution in [3.05, 3.63) is 12.2 Å². The number of carbonyl (C=O) groups is 1. The van der Waals surface area contributed by atoms with Crippen LogP contribution in [0, 0.1) is 0 Å². The van der Waals surface area contributed by atoms with Crippen molar-refractivity contribution in [3.8, 4) is 0 Å². The van der Waals surface area contributed by atoms with Gasteiger partial charge in [-0.1, -0.05) is 0 Å². The van der Waals surface area contributed by atoms with Crippen LogP contribution >= 0.6 is 0 Å². The zero-order valence-electron chi connectivity index (χ0n) is 8.48. The zero-order valence-corrected chi connectivity index (χ0v) is 8.48. The topological polar surface area (TPSA) is 55.8 Å². The molecule has 0 radical (unpaired) electrons. The number of hydrogen-bond acceptors (Lipinski definition) is 4. The van der Waals surface area contributed by atoms with Gasteiger partial charge in [-0.25, -0.2) is 0 Å². The maximum absolute atomic E-state index is 11.4. The Hall–Kier alpha value is -0.710. The fourth-order valence-electron chi connectivity index (χ4n) is 1.86. The van der Waals surface area contributed by atoms with E-state index in [-0.39, 0.29) is 11.9 Å². The minimum absolute atomic E-state index is 0.333. The van der Waals surface area contributed by atoms with E-state index in [4.69, 9.17) is 9.47 Å². The van der Waals surface area contributed by atoms with Gasteiger partial charge < -0.3 is 14.6 Å². The molecule has 1 aliphatic carbocycles. The Bertz CT molecular complexity index is 303. The third-order valence-corrected chi connectivity index (χ3v) is 2.62. The lowest BCUT2D eigenvalue weighted by atomic mass is 9.85. The van der Waals surface area contributed by atoms with Gasteiger partial charge in [-0.2, -0.15) is 0 Å². The summed E-state index contributed by atoms with van der Waals surface area (Å²) in [6.07, 6.45) is 2.05. The lowest BCUT2D eigenvalue weighted by molar-refractivity contribution is -0.171. The molecule has 0 amide bonds. The van der Waals surface area contributed by atoms with Crippen LogP contribution in [0.1, 0.15) is 20.8 Å². The van der Waals surface area contributed by atoms with Crippen molar-refractivity contribution in [1.29, 1.82) is 0 Å². The van der Waals surface area contributed by atoms with Crippen molar-refractivity contribution >= 4 is 5.78 Å². The third kappa shape index (κ3) is 1.30. The molecule has 78 valence electrons. The molecule has 3 atom stereocenters. The van der Waals surface area contributed by atoms with Gasteiger partial charge in [0, 0.05) is 0 Å². The summed E-state index contributed by atoms with van der Waals surface area (Å²) in [4.78, 5) is 11.4. The molecule has 1 heterocycles. The second-order valence-electron chi connectivity index (χ2n) is 4.39. The van der Waals surface area contributed by atoms with Crippen LogP contribution in [-0.4, -0.2) is 34.5 Å². The molecule has 2 aliphatic rings. The molecule has 0 unspecified atom stereocenters. The summed E-state index contributed by atoms with van der Waals surface area (Å²) in [6.45, 7) is 4.99. The monoisotopic (exact) mass is 198 g/mol. The molecular formula is C10H14O4. The lowest BCUT2D eigenvalue weighted by Crippen LogP contribution is -2.52. The van der Waals surface area contributed by atoms with Crippen LogP contribution in [0.2, 0.25) is 0 Å². The van der Waals surface area contributed by atoms with E-state index in [2.05, 4.69) is 0 Å². The fraction of sp³-hybridized carbons (Fsp3) is 0.700. The van der Waals surface area contributed by atoms with Crippen LogP contribution < -0.4 is 0 Å². The van der Waals surface area contributed by atoms with Gasteiger partial charge in [0.15, 0.2) is 17.2 Å². The average molecular weight is 198 g/mol. The molecule has 4 nitrogen and oxygen atoms in total. The minimum Gasteiger partial charge on any atom is -0.379 e. The SMILES string of the molecule is CC1(C)O[C@H]2C=CC(=O)[C@](C)(O)[C@H]2O1. The molecule has 0 aromatic heterocycles. The van der Waals surface area contributed by atoms with E-state index in [1.54, 1.807) is 19.9 Å². The number of rotatable bonds is 0. The van der Waals surface area contributed by atoms with Crippen LogP contribution in [0.4, 0.5) is 0 Å². The zero-order chi connectivity index (χ0) is 10.6. The highest BCUT2D eigenvalue weighted by molar-refractivity contribution is 5.98. The maximum Gasteiger partial charge on any atom is 0.189 e. The molecule has 0 spiro atoms. The van der Waals surface area contributed by atoms with Crippen LogP contribution in [0.5, 0.6) is 0 Å². The third-order valence-electron chi connectivity index (χ3n) is 2.62. The first-order chi connectivity index (χ1) is 6.33. The summed E-state index contributed by atoms with van der Waals surface area (Å²) in [5.74, 6) is -1.08. The molecule has 1 aliphatic heterocycles. The number of carbonyl (C=O) groups excluding carboxylic acids is 1. The Balaban J connectivity index is 2.34. The number of ketones is 1. The first-order valence-electron chi connectivity index (χ1n) is 4.63. The lowest BCUT2D eigenvalue weighted by Gasteiger charge is -2.31. The highest BCUT2D eigenvalue weighted by atomic mass is 16.8. The summed E-state index contributed by atoms with van der Waals surface area (Å²) in [6, 6.07) is 0. The van der Waals surface area contributed by atoms with Gasteiger partial charge in [-0.15, -0.1) is 0 Å². The highest BCUT2D eigenvalue weighted by Gasteiger charge is 2.53. The van der Waals surface area contributed by atoms with Crippen LogP contribution in [0.25, 0.3) is 0 Å². The Morgan fingerprint density at radius 2 is 2.00 bits per heavy atom. The first kappa shape index (κ1) is 9.83. The number of aliphatic hydroxyl groups is 1. The van der Waals surface area contributed by atoms with Crippen LogP contribution in [0.3, 0.4) is 0 Å². The molecule has 2 rings (SSSR count). The van der Waals surface area contributed by atoms with Gasteiger partial charge >= 0.3 is 0 Å². The van der Waals surface area contributed by atoms with Gasteiger partial charge in [0.2, 0.25) is 0 Å². The molecule has 0 aromatic rings. The fourth-order valence-corrected chi connectivity index (χ4v) is 1.86. The van der Waals surface area contributed by atoms with Gasteiger partial charge in [-0.3, -0.25) is 4.79 Å². The van der Waals surface area contributed by atoms with Gasteiger partial charge in [0.1, 0.15) is 12.2 Å². The van der Waals surface area contributed by atoms with Crippen molar-refractivity contribution in [2.24, 2.45) is 0 Å². The Kier molecular flexibility index (Phi) is 1.86. The minimum atomic E-state index is -1.48. The number of fused-ring (bicyclic) bond motifs is 1. The van der Waals surface area contributed by atoms with Crippen molar-refractivity contribution in [2.75, 3.05) is 0 Å². The van der Waals surface area contributed by atoms with Gasteiger partial charge in [-0.05, 0) is 32.9 Å². The maximum atomic E-state index is 11.4. The summed E-state index contributed by atoms with van der Waals surface area (Å²) < 4.78 is 11.0. The predicted molar refractivity (Wildman–Crippen MR) is 48.6 cm³/mol. The molecular weight excluding hydrogens is 184 g/mol. The summed E-state index contributed by atoms with van der Waals surface area (Å²) in [5, 5.41) is 9.94. The van der Waals surface area contributed by atoms with Crippen molar-refractivity contribution < 1.29 is 19.4 Å². The van der Waals surface area contributed by atoms with E-state index in [1.165, 1.54) is 13.0 Å². The average Bonchev–Trinajstić information content (AvgIpc) is 2.35. The second-order valence-corrected chi connectivity index (χ2v) is 4.39. The van der Waals surface area contributed by atoms with E-state index >= 15 is 0 Å². The number of ether oxygens (including phenoxy) is 2. The Morgan fingerprint density at radius 1 is 1.36 bits per heavy atom. The van der Waals surface area contributed by atoms with E-state index in [0.717, 1.165) is 0 Å². The normalized spacial score (nSPS) is 45.3. The van der Waals surface area contributed by atoms with Crippen molar-refractivity contribution in [2.45, 2.75) is 44.4 Å². The van der Waals surface area contributed by atoms with Crippen LogP contribution in [-0.2, 0) is 14.3 Å². The molecule has 4 heteroatoms. The van der Waals surface area contributed by atoms with E-state index in [1.807, 2.05) is 0 Å². The highest BCUT2D eigenvalue weighted by Crippen LogP contribution is 2.37. The Morgan fingerprint density at radius 3 is 2.64 bits per heavy atom. The first-order valence-corrected chi connectivity index (χ1v) is 4.63. The summed E-state index contributed by atoms with van der Waals surface area (Å²) >= 11 is 0. The van der Waals surface area contributed by atoms with Gasteiger partial charge in [0.25, 0.3) is 0 Å². The van der Waals surface area contributed by atoms with E-state index < -0.39 is 17.5 Å². The van der Waals surface area contributed by atoms with E-state index in [0.29, 0.717) is 0 Å². The number of hydrogen-bond donors (Lipinski definition) is 1. The summed E-state index contributed by atoms with van der Waals surface area (Å²) in [5.41, 5.74) is -1.48. The quantitative estimate of drug-likeness (QED) is 0.612. The molecule has 1 N–H and O–H groups in total. The predicted octanol–water partition coefficient (Wildman–Crippen LogP) is 0.396. The van der Waals surface area contributed by atoms with E-state index in [9.17, 15) is 9.90 Å². The van der Waals surface area contributed by atoms with Crippen molar-refractivity contribution in [1.82, 2.24) is 0 Å². The smallest absolute Gasteiger partial charge is 0.189 e. The molecule has 0 bridgehead atoms. The molecule has 0 saturated carbocycles. The Labute approximate surface area is 82.5 Å². The second kappa shape index (κ2) is 2.66. The van der Waals surface area contributed by atoms with Gasteiger partial charge in [0.05, 0.1) is 0 Å². The largest absolute Gasteiger partial charge is 0.379 e. The molecule has 14 heavy (non-hydrogen) atoms. The van der Waals surface area contributed by atoms with Crippen LogP contribution in [0.15, 0.2) is 12.2 Å². The van der Waals surface area contributed by atoms with Crippen molar-refractivity contribution in [3.63, 3.8) is 0 Å². The standard InChI is InChI=1S/C10H14O4/c1-9(2)13-6-4-5-7(11)10(3,12)8(6)14-9/h4-6,8,12H,1-3H3/t6-,8-,10-/m0/s1. The molecule has 0 aromatic carbocycles. The molecule has 1 saturated heterocycles. The molecule has 1 fully saturated rings. The summed E-state index contributed by atoms with van der Waals surface area (Å²) in [7, 11) is 0.